The average molecular weight is 487 g/mol. The number of anilines is 2. The van der Waals surface area contributed by atoms with Crippen LogP contribution in [-0.2, 0) is 9.53 Å². The van der Waals surface area contributed by atoms with E-state index in [1.54, 1.807) is 6.07 Å². The van der Waals surface area contributed by atoms with Gasteiger partial charge in [-0.3, -0.25) is 14.4 Å². The summed E-state index contributed by atoms with van der Waals surface area (Å²) in [6.45, 7) is -0.618. The summed E-state index contributed by atoms with van der Waals surface area (Å²) in [5.74, 6) is -3.29. The van der Waals surface area contributed by atoms with Crippen molar-refractivity contribution in [2.24, 2.45) is 0 Å². The smallest absolute Gasteiger partial charge is 0.338 e. The number of hydrogen-bond donors (Lipinski definition) is 1. The minimum absolute atomic E-state index is 0.00562. The van der Waals surface area contributed by atoms with Gasteiger partial charge in [0.2, 0.25) is 0 Å². The Hall–Kier alpha value is -3.75. The van der Waals surface area contributed by atoms with E-state index in [-0.39, 0.29) is 33.1 Å². The first-order valence-corrected chi connectivity index (χ1v) is 10.2. The van der Waals surface area contributed by atoms with Crippen molar-refractivity contribution in [3.05, 3.63) is 93.2 Å². The lowest BCUT2D eigenvalue weighted by Crippen LogP contribution is -2.29. The largest absolute Gasteiger partial charge is 0.452 e. The van der Waals surface area contributed by atoms with Crippen molar-refractivity contribution in [1.29, 1.82) is 0 Å². The molecule has 10 heteroatoms. The number of esters is 1. The zero-order valence-corrected chi connectivity index (χ0v) is 18.1. The highest BCUT2D eigenvalue weighted by atomic mass is 35.5. The normalized spacial score (nSPS) is 12.5. The van der Waals surface area contributed by atoms with Crippen LogP contribution in [0, 0.1) is 5.82 Å². The van der Waals surface area contributed by atoms with Crippen LogP contribution in [0.5, 0.6) is 0 Å². The van der Waals surface area contributed by atoms with Gasteiger partial charge in [-0.2, -0.15) is 0 Å². The number of carbonyl (C=O) groups is 4. The maximum atomic E-state index is 13.2. The van der Waals surface area contributed by atoms with Gasteiger partial charge in [0.1, 0.15) is 5.82 Å². The lowest BCUT2D eigenvalue weighted by Gasteiger charge is -2.13. The summed E-state index contributed by atoms with van der Waals surface area (Å²) in [7, 11) is 0. The maximum Gasteiger partial charge on any atom is 0.338 e. The molecule has 0 bridgehead atoms. The van der Waals surface area contributed by atoms with Crippen molar-refractivity contribution >= 4 is 58.3 Å². The summed E-state index contributed by atoms with van der Waals surface area (Å²) >= 11 is 11.8. The first-order valence-electron chi connectivity index (χ1n) is 9.45. The molecule has 7 nitrogen and oxygen atoms in total. The van der Waals surface area contributed by atoms with Crippen molar-refractivity contribution in [2.75, 3.05) is 16.8 Å². The standard InChI is InChI=1S/C23H13Cl2FN2O5/c24-13-2-8-18(25)19(10-13)27-20(29)11-33-23(32)12-1-7-16-17(9-12)22(31)28(21(16)30)15-5-3-14(26)4-6-15/h1-10H,11H2,(H,27,29). The molecule has 0 fully saturated rings. The van der Waals surface area contributed by atoms with Crippen molar-refractivity contribution in [1.82, 2.24) is 0 Å². The number of benzene rings is 3. The first-order chi connectivity index (χ1) is 15.7. The molecule has 1 heterocycles. The van der Waals surface area contributed by atoms with Gasteiger partial charge >= 0.3 is 5.97 Å². The van der Waals surface area contributed by atoms with Gasteiger partial charge in [0.05, 0.1) is 33.1 Å². The number of fused-ring (bicyclic) bond motifs is 1. The summed E-state index contributed by atoms with van der Waals surface area (Å²) in [6.07, 6.45) is 0. The molecule has 0 saturated heterocycles. The molecule has 0 aliphatic carbocycles. The van der Waals surface area contributed by atoms with Gasteiger partial charge in [-0.05, 0) is 60.7 Å². The third kappa shape index (κ3) is 4.57. The van der Waals surface area contributed by atoms with E-state index >= 15 is 0 Å². The molecule has 0 saturated carbocycles. The van der Waals surface area contributed by atoms with Gasteiger partial charge < -0.3 is 10.1 Å². The molecule has 1 N–H and O–H groups in total. The fourth-order valence-electron chi connectivity index (χ4n) is 3.19. The summed E-state index contributed by atoms with van der Waals surface area (Å²) in [5, 5.41) is 3.09. The predicted octanol–water partition coefficient (Wildman–Crippen LogP) is 4.73. The number of halogens is 3. The SMILES string of the molecule is O=C(COC(=O)c1ccc2c(c1)C(=O)N(c1ccc(F)cc1)C2=O)Nc1cc(Cl)ccc1Cl. The molecule has 0 unspecified atom stereocenters. The van der Waals surface area contributed by atoms with Crippen LogP contribution in [0.2, 0.25) is 10.0 Å². The molecule has 4 rings (SSSR count). The fourth-order valence-corrected chi connectivity index (χ4v) is 3.52. The lowest BCUT2D eigenvalue weighted by molar-refractivity contribution is -0.119. The summed E-state index contributed by atoms with van der Waals surface area (Å²) < 4.78 is 18.2. The maximum absolute atomic E-state index is 13.2. The molecule has 33 heavy (non-hydrogen) atoms. The molecular weight excluding hydrogens is 474 g/mol. The molecular formula is C23H13Cl2FN2O5. The highest BCUT2D eigenvalue weighted by molar-refractivity contribution is 6.36. The van der Waals surface area contributed by atoms with E-state index in [1.165, 1.54) is 42.5 Å². The second-order valence-corrected chi connectivity index (χ2v) is 7.77. The number of imide groups is 1. The van der Waals surface area contributed by atoms with Crippen molar-refractivity contribution in [2.45, 2.75) is 0 Å². The third-order valence-electron chi connectivity index (χ3n) is 4.74. The van der Waals surface area contributed by atoms with Gasteiger partial charge in [-0.15, -0.1) is 0 Å². The monoisotopic (exact) mass is 486 g/mol. The van der Waals surface area contributed by atoms with Crippen molar-refractivity contribution in [3.63, 3.8) is 0 Å². The Labute approximate surface area is 196 Å². The molecule has 3 amide bonds. The first kappa shape index (κ1) is 22.4. The van der Waals surface area contributed by atoms with Crippen LogP contribution in [0.1, 0.15) is 31.1 Å². The number of ether oxygens (including phenoxy) is 1. The Bertz CT molecular complexity index is 1310. The van der Waals surface area contributed by atoms with E-state index in [2.05, 4.69) is 5.32 Å². The summed E-state index contributed by atoms with van der Waals surface area (Å²) in [6, 6.07) is 13.2. The average Bonchev–Trinajstić information content (AvgIpc) is 3.05. The van der Waals surface area contributed by atoms with Crippen LogP contribution >= 0.6 is 23.2 Å². The summed E-state index contributed by atoms with van der Waals surface area (Å²) in [4.78, 5) is 50.8. The second kappa shape index (κ2) is 9.01. The number of hydrogen-bond acceptors (Lipinski definition) is 5. The molecule has 3 aromatic carbocycles. The molecule has 0 aromatic heterocycles. The van der Waals surface area contributed by atoms with Crippen LogP contribution in [0.4, 0.5) is 15.8 Å². The quantitative estimate of drug-likeness (QED) is 0.415. The van der Waals surface area contributed by atoms with Crippen LogP contribution in [-0.4, -0.2) is 30.3 Å². The Morgan fingerprint density at radius 1 is 0.909 bits per heavy atom. The number of rotatable bonds is 5. The number of nitrogens with one attached hydrogen (secondary N) is 1. The summed E-state index contributed by atoms with van der Waals surface area (Å²) in [5.41, 5.74) is 0.517. The highest BCUT2D eigenvalue weighted by Crippen LogP contribution is 2.29. The van der Waals surface area contributed by atoms with E-state index in [0.29, 0.717) is 5.02 Å². The zero-order chi connectivity index (χ0) is 23.7. The van der Waals surface area contributed by atoms with Crippen molar-refractivity contribution < 1.29 is 28.3 Å². The Morgan fingerprint density at radius 2 is 1.61 bits per heavy atom. The molecule has 1 aliphatic rings. The number of nitrogens with zero attached hydrogens (tertiary/aromatic N) is 1. The topological polar surface area (TPSA) is 92.8 Å². The van der Waals surface area contributed by atoms with E-state index < -0.39 is 36.1 Å². The minimum Gasteiger partial charge on any atom is -0.452 e. The van der Waals surface area contributed by atoms with E-state index in [0.717, 1.165) is 17.0 Å². The van der Waals surface area contributed by atoms with Gasteiger partial charge in [0, 0.05) is 5.02 Å². The van der Waals surface area contributed by atoms with Gasteiger partial charge in [-0.1, -0.05) is 23.2 Å². The zero-order valence-electron chi connectivity index (χ0n) is 16.6. The van der Waals surface area contributed by atoms with Gasteiger partial charge in [-0.25, -0.2) is 14.1 Å². The Morgan fingerprint density at radius 3 is 2.33 bits per heavy atom. The second-order valence-electron chi connectivity index (χ2n) is 6.93. The molecule has 3 aromatic rings. The third-order valence-corrected chi connectivity index (χ3v) is 5.31. The molecule has 0 atom stereocenters. The molecule has 0 spiro atoms. The molecule has 0 radical (unpaired) electrons. The van der Waals surface area contributed by atoms with Crippen LogP contribution in [0.15, 0.2) is 60.7 Å². The highest BCUT2D eigenvalue weighted by Gasteiger charge is 2.37. The predicted molar refractivity (Wildman–Crippen MR) is 119 cm³/mol. The number of carbonyl (C=O) groups excluding carboxylic acids is 4. The lowest BCUT2D eigenvalue weighted by atomic mass is 10.1. The van der Waals surface area contributed by atoms with Crippen LogP contribution in [0.25, 0.3) is 0 Å². The van der Waals surface area contributed by atoms with Gasteiger partial charge in [0.25, 0.3) is 17.7 Å². The fraction of sp³-hybridized carbons (Fsp3) is 0.0435. The minimum atomic E-state index is -0.870. The number of amides is 3. The van der Waals surface area contributed by atoms with Crippen LogP contribution < -0.4 is 10.2 Å². The van der Waals surface area contributed by atoms with E-state index in [4.69, 9.17) is 27.9 Å². The Balaban J connectivity index is 1.45. The Kier molecular flexibility index (Phi) is 6.13. The van der Waals surface area contributed by atoms with Gasteiger partial charge in [0.15, 0.2) is 6.61 Å². The van der Waals surface area contributed by atoms with Crippen molar-refractivity contribution in [3.8, 4) is 0 Å². The van der Waals surface area contributed by atoms with E-state index in [9.17, 15) is 23.6 Å². The molecule has 1 aliphatic heterocycles. The van der Waals surface area contributed by atoms with E-state index in [1.807, 2.05) is 0 Å². The van der Waals surface area contributed by atoms with Crippen LogP contribution in [0.3, 0.4) is 0 Å². The molecule has 166 valence electrons.